The van der Waals surface area contributed by atoms with Crippen molar-refractivity contribution in [2.75, 3.05) is 6.54 Å². The zero-order chi connectivity index (χ0) is 15.5. The lowest BCUT2D eigenvalue weighted by Crippen LogP contribution is -2.47. The topological polar surface area (TPSA) is 53.6 Å². The lowest BCUT2D eigenvalue weighted by molar-refractivity contribution is 0.286. The number of nitrogens with zero attached hydrogens (tertiary/aromatic N) is 3. The van der Waals surface area contributed by atoms with E-state index in [4.69, 9.17) is 11.6 Å². The van der Waals surface area contributed by atoms with Crippen LogP contribution < -0.4 is 5.32 Å². The van der Waals surface area contributed by atoms with Crippen LogP contribution in [0, 0.1) is 31.1 Å². The Morgan fingerprint density at radius 1 is 1.52 bits per heavy atom. The number of aryl methyl sites for hydroxylation is 2. The van der Waals surface area contributed by atoms with Gasteiger partial charge in [0.2, 0.25) is 0 Å². The van der Waals surface area contributed by atoms with E-state index in [9.17, 15) is 5.26 Å². The fourth-order valence-corrected chi connectivity index (χ4v) is 3.54. The monoisotopic (exact) mass is 308 g/mol. The molecule has 2 unspecified atom stereocenters. The Kier molecular flexibility index (Phi) is 5.29. The van der Waals surface area contributed by atoms with Gasteiger partial charge in [-0.25, -0.2) is 0 Å². The summed E-state index contributed by atoms with van der Waals surface area (Å²) in [5.74, 6) is 0.400. The molecule has 2 atom stereocenters. The van der Waals surface area contributed by atoms with Crippen LogP contribution in [0.4, 0.5) is 0 Å². The summed E-state index contributed by atoms with van der Waals surface area (Å²) in [7, 11) is 0. The molecule has 1 heterocycles. The highest BCUT2D eigenvalue weighted by atomic mass is 35.5. The second-order valence-electron chi connectivity index (χ2n) is 6.10. The van der Waals surface area contributed by atoms with Crippen molar-refractivity contribution in [1.29, 1.82) is 5.26 Å². The van der Waals surface area contributed by atoms with E-state index in [1.807, 2.05) is 18.5 Å². The lowest BCUT2D eigenvalue weighted by Gasteiger charge is -2.30. The molecular weight excluding hydrogens is 284 g/mol. The third-order valence-corrected chi connectivity index (χ3v) is 5.24. The van der Waals surface area contributed by atoms with Crippen molar-refractivity contribution in [3.05, 3.63) is 16.4 Å². The summed E-state index contributed by atoms with van der Waals surface area (Å²) in [5, 5.41) is 18.4. The van der Waals surface area contributed by atoms with E-state index >= 15 is 0 Å². The van der Waals surface area contributed by atoms with Crippen molar-refractivity contribution >= 4 is 11.6 Å². The van der Waals surface area contributed by atoms with Gasteiger partial charge < -0.3 is 0 Å². The van der Waals surface area contributed by atoms with Crippen LogP contribution in [-0.4, -0.2) is 21.9 Å². The Morgan fingerprint density at radius 2 is 2.29 bits per heavy atom. The minimum Gasteiger partial charge on any atom is -0.299 e. The van der Waals surface area contributed by atoms with Crippen LogP contribution in [0.2, 0.25) is 5.02 Å². The largest absolute Gasteiger partial charge is 0.299 e. The molecule has 4 nitrogen and oxygen atoms in total. The maximum absolute atomic E-state index is 9.66. The maximum Gasteiger partial charge on any atom is 0.109 e. The number of nitriles is 1. The summed E-state index contributed by atoms with van der Waals surface area (Å²) in [6, 6.07) is 2.56. The first kappa shape index (κ1) is 16.3. The molecule has 0 spiro atoms. The van der Waals surface area contributed by atoms with Gasteiger partial charge >= 0.3 is 0 Å². The molecule has 2 rings (SSSR count). The first-order chi connectivity index (χ1) is 10.0. The lowest BCUT2D eigenvalue weighted by atomic mass is 9.85. The standard InChI is InChI=1S/C16H25ClN4/c1-4-9-19-16(11-18)8-5-6-14(16)7-10-21-13(3)15(17)12(2)20-21/h14,19H,4-10H2,1-3H3. The summed E-state index contributed by atoms with van der Waals surface area (Å²) in [5.41, 5.74) is 1.57. The quantitative estimate of drug-likeness (QED) is 0.873. The van der Waals surface area contributed by atoms with Crippen molar-refractivity contribution in [1.82, 2.24) is 15.1 Å². The van der Waals surface area contributed by atoms with Gasteiger partial charge in [0.15, 0.2) is 0 Å². The first-order valence-electron chi connectivity index (χ1n) is 7.90. The van der Waals surface area contributed by atoms with Gasteiger partial charge in [-0.1, -0.05) is 24.9 Å². The van der Waals surface area contributed by atoms with Crippen LogP contribution in [-0.2, 0) is 6.54 Å². The van der Waals surface area contributed by atoms with Gasteiger partial charge in [-0.15, -0.1) is 0 Å². The maximum atomic E-state index is 9.66. The first-order valence-corrected chi connectivity index (χ1v) is 8.27. The molecule has 0 bridgehead atoms. The van der Waals surface area contributed by atoms with E-state index in [0.717, 1.165) is 61.6 Å². The van der Waals surface area contributed by atoms with Crippen molar-refractivity contribution in [3.8, 4) is 6.07 Å². The van der Waals surface area contributed by atoms with E-state index in [1.54, 1.807) is 0 Å². The Morgan fingerprint density at radius 3 is 2.86 bits per heavy atom. The van der Waals surface area contributed by atoms with Gasteiger partial charge in [0, 0.05) is 6.54 Å². The molecule has 1 N–H and O–H groups in total. The predicted octanol–water partition coefficient (Wildman–Crippen LogP) is 3.61. The molecule has 1 aromatic heterocycles. The van der Waals surface area contributed by atoms with E-state index in [-0.39, 0.29) is 5.54 Å². The van der Waals surface area contributed by atoms with Crippen LogP contribution in [0.15, 0.2) is 0 Å². The minimum atomic E-state index is -0.337. The van der Waals surface area contributed by atoms with Gasteiger partial charge in [0.05, 0.1) is 22.5 Å². The molecule has 21 heavy (non-hydrogen) atoms. The highest BCUT2D eigenvalue weighted by Gasteiger charge is 2.42. The molecule has 1 fully saturated rings. The summed E-state index contributed by atoms with van der Waals surface area (Å²) in [4.78, 5) is 0. The molecule has 0 amide bonds. The number of nitrogens with one attached hydrogen (secondary N) is 1. The Balaban J connectivity index is 2.04. The summed E-state index contributed by atoms with van der Waals surface area (Å²) in [6.07, 6.45) is 5.25. The third-order valence-electron chi connectivity index (χ3n) is 4.69. The van der Waals surface area contributed by atoms with Gasteiger partial charge in [-0.3, -0.25) is 10.00 Å². The summed E-state index contributed by atoms with van der Waals surface area (Å²) < 4.78 is 1.98. The van der Waals surface area contributed by atoms with Crippen molar-refractivity contribution in [3.63, 3.8) is 0 Å². The zero-order valence-electron chi connectivity index (χ0n) is 13.2. The van der Waals surface area contributed by atoms with E-state index in [0.29, 0.717) is 5.92 Å². The Bertz CT molecular complexity index is 531. The molecule has 1 aliphatic rings. The third kappa shape index (κ3) is 3.25. The number of rotatable bonds is 6. The molecule has 0 aromatic carbocycles. The molecule has 0 saturated heterocycles. The number of aromatic nitrogens is 2. The smallest absolute Gasteiger partial charge is 0.109 e. The minimum absolute atomic E-state index is 0.337. The van der Waals surface area contributed by atoms with Crippen LogP contribution in [0.5, 0.6) is 0 Å². The second kappa shape index (κ2) is 6.81. The highest BCUT2D eigenvalue weighted by Crippen LogP contribution is 2.38. The number of hydrogen-bond donors (Lipinski definition) is 1. The van der Waals surface area contributed by atoms with Crippen molar-refractivity contribution in [2.24, 2.45) is 5.92 Å². The van der Waals surface area contributed by atoms with Crippen molar-refractivity contribution < 1.29 is 0 Å². The van der Waals surface area contributed by atoms with Gasteiger partial charge in [-0.05, 0) is 52.0 Å². The fraction of sp³-hybridized carbons (Fsp3) is 0.750. The van der Waals surface area contributed by atoms with E-state index in [1.165, 1.54) is 0 Å². The second-order valence-corrected chi connectivity index (χ2v) is 6.47. The van der Waals surface area contributed by atoms with Crippen molar-refractivity contribution in [2.45, 2.75) is 65.0 Å². The van der Waals surface area contributed by atoms with Crippen LogP contribution >= 0.6 is 11.6 Å². The Hall–Kier alpha value is -1.05. The van der Waals surface area contributed by atoms with E-state index < -0.39 is 0 Å². The van der Waals surface area contributed by atoms with Gasteiger partial charge in [0.25, 0.3) is 0 Å². The van der Waals surface area contributed by atoms with E-state index in [2.05, 4.69) is 23.4 Å². The molecule has 1 saturated carbocycles. The zero-order valence-corrected chi connectivity index (χ0v) is 14.0. The summed E-state index contributed by atoms with van der Waals surface area (Å²) >= 11 is 6.20. The molecule has 0 radical (unpaired) electrons. The molecule has 5 heteroatoms. The molecular formula is C16H25ClN4. The fourth-order valence-electron chi connectivity index (χ4n) is 3.41. The Labute approximate surface area is 132 Å². The number of hydrogen-bond acceptors (Lipinski definition) is 3. The SMILES string of the molecule is CCCNC1(C#N)CCCC1CCn1nc(C)c(Cl)c1C. The molecule has 1 aromatic rings. The molecule has 1 aliphatic carbocycles. The van der Waals surface area contributed by atoms with Gasteiger partial charge in [0.1, 0.15) is 5.54 Å². The number of halogens is 1. The van der Waals surface area contributed by atoms with Crippen LogP contribution in [0.25, 0.3) is 0 Å². The van der Waals surface area contributed by atoms with Gasteiger partial charge in [-0.2, -0.15) is 10.4 Å². The average Bonchev–Trinajstić information content (AvgIpc) is 3.00. The molecule has 0 aliphatic heterocycles. The predicted molar refractivity (Wildman–Crippen MR) is 85.3 cm³/mol. The normalized spacial score (nSPS) is 25.2. The van der Waals surface area contributed by atoms with Crippen LogP contribution in [0.3, 0.4) is 0 Å². The van der Waals surface area contributed by atoms with Crippen LogP contribution in [0.1, 0.15) is 50.4 Å². The molecule has 116 valence electrons. The average molecular weight is 309 g/mol. The highest BCUT2D eigenvalue weighted by molar-refractivity contribution is 6.31. The summed E-state index contributed by atoms with van der Waals surface area (Å²) in [6.45, 7) is 7.82.